The van der Waals surface area contributed by atoms with Crippen LogP contribution in [0.15, 0.2) is 35.6 Å². The number of rotatable bonds is 4. The highest BCUT2D eigenvalue weighted by atomic mass is 32.2. The van der Waals surface area contributed by atoms with Gasteiger partial charge in [0.05, 0.1) is 11.3 Å². The average Bonchev–Trinajstić information content (AvgIpc) is 2.86. The van der Waals surface area contributed by atoms with Crippen LogP contribution >= 0.6 is 11.8 Å². The SMILES string of the molecule is CC(C)c1nnc(CSc2ncnc3ccccc23)n1C. The van der Waals surface area contributed by atoms with Gasteiger partial charge in [-0.15, -0.1) is 10.2 Å². The summed E-state index contributed by atoms with van der Waals surface area (Å²) < 4.78 is 2.07. The van der Waals surface area contributed by atoms with Crippen LogP contribution in [-0.2, 0) is 12.8 Å². The Morgan fingerprint density at radius 3 is 2.71 bits per heavy atom. The molecular formula is C15H17N5S. The van der Waals surface area contributed by atoms with Crippen molar-refractivity contribution in [2.24, 2.45) is 7.05 Å². The summed E-state index contributed by atoms with van der Waals surface area (Å²) in [6.07, 6.45) is 1.61. The Kier molecular flexibility index (Phi) is 3.88. The molecule has 0 fully saturated rings. The molecule has 0 aliphatic carbocycles. The molecule has 0 spiro atoms. The summed E-state index contributed by atoms with van der Waals surface area (Å²) >= 11 is 1.67. The number of aromatic nitrogens is 5. The highest BCUT2D eigenvalue weighted by Gasteiger charge is 2.12. The first-order valence-corrected chi connectivity index (χ1v) is 7.86. The minimum absolute atomic E-state index is 0.376. The number of nitrogens with zero attached hydrogens (tertiary/aromatic N) is 5. The number of fused-ring (bicyclic) bond motifs is 1. The quantitative estimate of drug-likeness (QED) is 0.547. The van der Waals surface area contributed by atoms with Crippen LogP contribution in [0.3, 0.4) is 0 Å². The summed E-state index contributed by atoms with van der Waals surface area (Å²) in [6, 6.07) is 8.05. The minimum atomic E-state index is 0.376. The van der Waals surface area contributed by atoms with Crippen molar-refractivity contribution in [1.29, 1.82) is 0 Å². The number of hydrogen-bond donors (Lipinski definition) is 0. The third kappa shape index (κ3) is 2.76. The van der Waals surface area contributed by atoms with Gasteiger partial charge in [0.25, 0.3) is 0 Å². The Morgan fingerprint density at radius 1 is 1.14 bits per heavy atom. The maximum Gasteiger partial charge on any atom is 0.143 e. The zero-order valence-corrected chi connectivity index (χ0v) is 13.1. The third-order valence-electron chi connectivity index (χ3n) is 3.36. The van der Waals surface area contributed by atoms with E-state index in [0.717, 1.165) is 33.3 Å². The summed E-state index contributed by atoms with van der Waals surface area (Å²) in [6.45, 7) is 4.25. The first-order valence-electron chi connectivity index (χ1n) is 6.87. The van der Waals surface area contributed by atoms with Crippen molar-refractivity contribution in [1.82, 2.24) is 24.7 Å². The third-order valence-corrected chi connectivity index (χ3v) is 4.36. The van der Waals surface area contributed by atoms with Crippen LogP contribution in [0.4, 0.5) is 0 Å². The fraction of sp³-hybridized carbons (Fsp3) is 0.333. The minimum Gasteiger partial charge on any atom is -0.317 e. The van der Waals surface area contributed by atoms with Crippen LogP contribution in [-0.4, -0.2) is 24.7 Å². The Balaban J connectivity index is 1.84. The van der Waals surface area contributed by atoms with E-state index in [2.05, 4.69) is 38.6 Å². The summed E-state index contributed by atoms with van der Waals surface area (Å²) in [5.74, 6) is 3.10. The van der Waals surface area contributed by atoms with Crippen LogP contribution < -0.4 is 0 Å². The molecule has 0 saturated heterocycles. The highest BCUT2D eigenvalue weighted by Crippen LogP contribution is 2.27. The smallest absolute Gasteiger partial charge is 0.143 e. The standard InChI is InChI=1S/C15H17N5S/c1-10(2)14-19-18-13(20(14)3)8-21-15-11-6-4-5-7-12(11)16-9-17-15/h4-7,9-10H,8H2,1-3H3. The largest absolute Gasteiger partial charge is 0.317 e. The molecule has 0 N–H and O–H groups in total. The summed E-state index contributed by atoms with van der Waals surface area (Å²) in [4.78, 5) is 8.67. The van der Waals surface area contributed by atoms with Gasteiger partial charge in [-0.05, 0) is 6.07 Å². The van der Waals surface area contributed by atoms with Gasteiger partial charge in [0, 0.05) is 18.4 Å². The lowest BCUT2D eigenvalue weighted by molar-refractivity contribution is 0.698. The second kappa shape index (κ2) is 5.81. The first-order chi connectivity index (χ1) is 10.2. The molecule has 0 amide bonds. The predicted octanol–water partition coefficient (Wildman–Crippen LogP) is 3.17. The molecule has 0 radical (unpaired) electrons. The molecule has 0 atom stereocenters. The van der Waals surface area contributed by atoms with Gasteiger partial charge in [0.15, 0.2) is 0 Å². The Hall–Kier alpha value is -1.95. The van der Waals surface area contributed by atoms with Crippen molar-refractivity contribution < 1.29 is 0 Å². The molecule has 1 aromatic carbocycles. The van der Waals surface area contributed by atoms with Gasteiger partial charge >= 0.3 is 0 Å². The normalized spacial score (nSPS) is 11.4. The van der Waals surface area contributed by atoms with E-state index in [1.54, 1.807) is 18.1 Å². The van der Waals surface area contributed by atoms with E-state index in [1.807, 2.05) is 31.3 Å². The number of thioether (sulfide) groups is 1. The number of hydrogen-bond acceptors (Lipinski definition) is 5. The molecule has 2 heterocycles. The summed E-state index contributed by atoms with van der Waals surface area (Å²) in [7, 11) is 2.02. The van der Waals surface area contributed by atoms with Crippen LogP contribution in [0.2, 0.25) is 0 Å². The highest BCUT2D eigenvalue weighted by molar-refractivity contribution is 7.98. The van der Waals surface area contributed by atoms with Gasteiger partial charge in [0.1, 0.15) is 23.0 Å². The van der Waals surface area contributed by atoms with E-state index < -0.39 is 0 Å². The maximum absolute atomic E-state index is 4.39. The fourth-order valence-electron chi connectivity index (χ4n) is 2.23. The van der Waals surface area contributed by atoms with Gasteiger partial charge in [-0.1, -0.05) is 43.8 Å². The van der Waals surface area contributed by atoms with E-state index in [0.29, 0.717) is 5.92 Å². The van der Waals surface area contributed by atoms with Gasteiger partial charge in [0.2, 0.25) is 0 Å². The second-order valence-corrected chi connectivity index (χ2v) is 6.14. The summed E-state index contributed by atoms with van der Waals surface area (Å²) in [5.41, 5.74) is 0.968. The molecule has 0 aliphatic rings. The molecule has 5 nitrogen and oxygen atoms in total. The molecule has 21 heavy (non-hydrogen) atoms. The Bertz CT molecular complexity index is 760. The van der Waals surface area contributed by atoms with Gasteiger partial charge in [-0.3, -0.25) is 0 Å². The van der Waals surface area contributed by atoms with Gasteiger partial charge in [-0.2, -0.15) is 0 Å². The van der Waals surface area contributed by atoms with E-state index in [4.69, 9.17) is 0 Å². The van der Waals surface area contributed by atoms with Crippen molar-refractivity contribution in [3.05, 3.63) is 42.2 Å². The van der Waals surface area contributed by atoms with Crippen LogP contribution in [0.1, 0.15) is 31.4 Å². The second-order valence-electron chi connectivity index (χ2n) is 5.17. The van der Waals surface area contributed by atoms with Crippen molar-refractivity contribution in [3.63, 3.8) is 0 Å². The van der Waals surface area contributed by atoms with Gasteiger partial charge in [-0.25, -0.2) is 9.97 Å². The molecule has 0 unspecified atom stereocenters. The zero-order valence-electron chi connectivity index (χ0n) is 12.3. The monoisotopic (exact) mass is 299 g/mol. The van der Waals surface area contributed by atoms with Crippen molar-refractivity contribution in [2.75, 3.05) is 0 Å². The van der Waals surface area contributed by atoms with Crippen LogP contribution in [0.5, 0.6) is 0 Å². The molecule has 0 aliphatic heterocycles. The van der Waals surface area contributed by atoms with Crippen LogP contribution in [0.25, 0.3) is 10.9 Å². The maximum atomic E-state index is 4.39. The molecule has 3 aromatic rings. The Labute approximate surface area is 127 Å². The first kappa shape index (κ1) is 14.0. The molecule has 0 bridgehead atoms. The predicted molar refractivity (Wildman–Crippen MR) is 84.2 cm³/mol. The lowest BCUT2D eigenvalue weighted by Gasteiger charge is -2.06. The van der Waals surface area contributed by atoms with Gasteiger partial charge < -0.3 is 4.57 Å². The molecule has 3 rings (SSSR count). The Morgan fingerprint density at radius 2 is 1.95 bits per heavy atom. The molecule has 0 saturated carbocycles. The van der Waals surface area contributed by atoms with Crippen LogP contribution in [0, 0.1) is 0 Å². The molecule has 2 aromatic heterocycles. The van der Waals surface area contributed by atoms with Crippen molar-refractivity contribution in [3.8, 4) is 0 Å². The van der Waals surface area contributed by atoms with E-state index in [1.165, 1.54) is 0 Å². The number of para-hydroxylation sites is 1. The van der Waals surface area contributed by atoms with E-state index >= 15 is 0 Å². The summed E-state index contributed by atoms with van der Waals surface area (Å²) in [5, 5.41) is 10.6. The molecule has 6 heteroatoms. The topological polar surface area (TPSA) is 56.5 Å². The lowest BCUT2D eigenvalue weighted by atomic mass is 10.2. The molecular weight excluding hydrogens is 282 g/mol. The average molecular weight is 299 g/mol. The lowest BCUT2D eigenvalue weighted by Crippen LogP contribution is -2.03. The number of benzene rings is 1. The fourth-order valence-corrected chi connectivity index (χ4v) is 3.20. The molecule has 108 valence electrons. The van der Waals surface area contributed by atoms with Crippen molar-refractivity contribution >= 4 is 22.7 Å². The van der Waals surface area contributed by atoms with E-state index in [-0.39, 0.29) is 0 Å². The zero-order chi connectivity index (χ0) is 14.8. The van der Waals surface area contributed by atoms with E-state index in [9.17, 15) is 0 Å². The van der Waals surface area contributed by atoms with Crippen molar-refractivity contribution in [2.45, 2.75) is 30.5 Å².